The highest BCUT2D eigenvalue weighted by molar-refractivity contribution is 5.78. The van der Waals surface area contributed by atoms with Crippen molar-refractivity contribution in [3.05, 3.63) is 30.1 Å². The summed E-state index contributed by atoms with van der Waals surface area (Å²) >= 11 is 0. The van der Waals surface area contributed by atoms with Gasteiger partial charge in [-0.05, 0) is 12.1 Å². The van der Waals surface area contributed by atoms with Crippen LogP contribution in [0.5, 0.6) is 5.75 Å². The molecule has 0 amide bonds. The molecule has 0 unspecified atom stereocenters. The molecule has 1 rings (SSSR count). The van der Waals surface area contributed by atoms with Gasteiger partial charge in [-0.2, -0.15) is 0 Å². The van der Waals surface area contributed by atoms with Crippen LogP contribution in [-0.2, 0) is 9.59 Å². The quantitative estimate of drug-likeness (QED) is 0.608. The molecule has 0 saturated heterocycles. The summed E-state index contributed by atoms with van der Waals surface area (Å²) in [6.07, 6.45) is -0.600. The summed E-state index contributed by atoms with van der Waals surface area (Å²) < 4.78 is 17.6. The summed E-state index contributed by atoms with van der Waals surface area (Å²) in [5.41, 5.74) is 0. The summed E-state index contributed by atoms with van der Waals surface area (Å²) in [4.78, 5) is 21.2. The highest BCUT2D eigenvalue weighted by Crippen LogP contribution is 2.16. The van der Waals surface area contributed by atoms with E-state index in [1.807, 2.05) is 0 Å². The first-order valence-corrected chi connectivity index (χ1v) is 4.26. The molecule has 0 spiro atoms. The van der Waals surface area contributed by atoms with Gasteiger partial charge in [-0.3, -0.25) is 9.59 Å². The van der Waals surface area contributed by atoms with Gasteiger partial charge in [0, 0.05) is 0 Å². The molecule has 1 aromatic rings. The minimum Gasteiger partial charge on any atom is -0.481 e. The van der Waals surface area contributed by atoms with Gasteiger partial charge in [0.25, 0.3) is 0 Å². The Morgan fingerprint density at radius 3 is 2.53 bits per heavy atom. The Bertz CT molecular complexity index is 375. The lowest BCUT2D eigenvalue weighted by atomic mass is 10.3. The van der Waals surface area contributed by atoms with Crippen LogP contribution < -0.4 is 4.74 Å². The number of rotatable bonds is 4. The number of carbonyl (C=O) groups excluding carboxylic acids is 1. The van der Waals surface area contributed by atoms with Crippen molar-refractivity contribution in [3.63, 3.8) is 0 Å². The maximum atomic E-state index is 13.0. The van der Waals surface area contributed by atoms with Crippen LogP contribution in [-0.4, -0.2) is 17.0 Å². The Morgan fingerprint density at radius 2 is 1.93 bits per heavy atom. The Morgan fingerprint density at radius 1 is 1.27 bits per heavy atom. The number of esters is 1. The fraction of sp³-hybridized carbons (Fsp3) is 0.200. The van der Waals surface area contributed by atoms with Crippen LogP contribution in [0, 0.1) is 5.82 Å². The van der Waals surface area contributed by atoms with Gasteiger partial charge in [0.05, 0.1) is 12.8 Å². The van der Waals surface area contributed by atoms with Crippen LogP contribution in [0.1, 0.15) is 12.8 Å². The van der Waals surface area contributed by atoms with Crippen LogP contribution in [0.3, 0.4) is 0 Å². The van der Waals surface area contributed by atoms with Crippen molar-refractivity contribution in [2.45, 2.75) is 12.8 Å². The van der Waals surface area contributed by atoms with Crippen molar-refractivity contribution in [2.75, 3.05) is 0 Å². The predicted octanol–water partition coefficient (Wildman–Crippen LogP) is 1.60. The number of halogens is 1. The zero-order valence-corrected chi connectivity index (χ0v) is 7.77. The molecular formula is C10H9FO4. The minimum absolute atomic E-state index is 0.187. The largest absolute Gasteiger partial charge is 0.481 e. The molecule has 1 N–H and O–H groups in total. The first-order chi connectivity index (χ1) is 7.09. The molecule has 0 fully saturated rings. The number of carboxylic acids is 1. The van der Waals surface area contributed by atoms with E-state index in [4.69, 9.17) is 5.11 Å². The van der Waals surface area contributed by atoms with Gasteiger partial charge >= 0.3 is 11.9 Å². The standard InChI is InChI=1S/C10H9FO4/c11-7-3-1-2-4-8(7)15-10(14)6-5-9(12)13/h1-4H,5-6H2,(H,12,13). The van der Waals surface area contributed by atoms with Crippen molar-refractivity contribution < 1.29 is 23.8 Å². The van der Waals surface area contributed by atoms with Crippen molar-refractivity contribution in [2.24, 2.45) is 0 Å². The van der Waals surface area contributed by atoms with E-state index < -0.39 is 17.8 Å². The summed E-state index contributed by atoms with van der Waals surface area (Å²) in [5.74, 6) is -2.70. The van der Waals surface area contributed by atoms with Gasteiger partial charge in [0.15, 0.2) is 11.6 Å². The van der Waals surface area contributed by atoms with Crippen molar-refractivity contribution in [3.8, 4) is 5.75 Å². The van der Waals surface area contributed by atoms with E-state index in [0.29, 0.717) is 0 Å². The topological polar surface area (TPSA) is 63.6 Å². The lowest BCUT2D eigenvalue weighted by molar-refractivity contribution is -0.142. The molecular weight excluding hydrogens is 203 g/mol. The van der Waals surface area contributed by atoms with E-state index in [0.717, 1.165) is 6.07 Å². The average Bonchev–Trinajstić information content (AvgIpc) is 2.18. The normalized spacial score (nSPS) is 9.67. The molecule has 0 bridgehead atoms. The fourth-order valence-corrected chi connectivity index (χ4v) is 0.910. The van der Waals surface area contributed by atoms with Gasteiger partial charge in [-0.15, -0.1) is 0 Å². The van der Waals surface area contributed by atoms with E-state index in [9.17, 15) is 14.0 Å². The molecule has 0 saturated carbocycles. The number of ether oxygens (including phenoxy) is 1. The molecule has 0 aliphatic heterocycles. The van der Waals surface area contributed by atoms with Crippen LogP contribution in [0.25, 0.3) is 0 Å². The third-order valence-corrected chi connectivity index (χ3v) is 1.60. The maximum Gasteiger partial charge on any atom is 0.311 e. The highest BCUT2D eigenvalue weighted by Gasteiger charge is 2.10. The Hall–Kier alpha value is -1.91. The lowest BCUT2D eigenvalue weighted by Gasteiger charge is -2.03. The number of carbonyl (C=O) groups is 2. The van der Waals surface area contributed by atoms with Crippen LogP contribution in [0.4, 0.5) is 4.39 Å². The van der Waals surface area contributed by atoms with E-state index in [-0.39, 0.29) is 18.6 Å². The molecule has 0 radical (unpaired) electrons. The number of carboxylic acid groups (broad SMARTS) is 1. The van der Waals surface area contributed by atoms with Crippen molar-refractivity contribution in [1.29, 1.82) is 0 Å². The molecule has 0 heterocycles. The van der Waals surface area contributed by atoms with E-state index in [2.05, 4.69) is 4.74 Å². The number of aliphatic carboxylic acids is 1. The molecule has 0 atom stereocenters. The second-order valence-corrected chi connectivity index (χ2v) is 2.80. The molecule has 4 nitrogen and oxygen atoms in total. The molecule has 0 aromatic heterocycles. The van der Waals surface area contributed by atoms with Crippen molar-refractivity contribution >= 4 is 11.9 Å². The highest BCUT2D eigenvalue weighted by atomic mass is 19.1. The number of benzene rings is 1. The third-order valence-electron chi connectivity index (χ3n) is 1.60. The van der Waals surface area contributed by atoms with Gasteiger partial charge in [0.2, 0.25) is 0 Å². The van der Waals surface area contributed by atoms with E-state index >= 15 is 0 Å². The summed E-state index contributed by atoms with van der Waals surface area (Å²) in [6, 6.07) is 5.43. The van der Waals surface area contributed by atoms with Crippen LogP contribution in [0.15, 0.2) is 24.3 Å². The molecule has 80 valence electrons. The molecule has 1 aromatic carbocycles. The average molecular weight is 212 g/mol. The lowest BCUT2D eigenvalue weighted by Crippen LogP contribution is -2.10. The fourth-order valence-electron chi connectivity index (χ4n) is 0.910. The first kappa shape index (κ1) is 11.2. The van der Waals surface area contributed by atoms with Crippen molar-refractivity contribution in [1.82, 2.24) is 0 Å². The monoisotopic (exact) mass is 212 g/mol. The summed E-state index contributed by atoms with van der Waals surface area (Å²) in [7, 11) is 0. The Labute approximate surface area is 85.3 Å². The smallest absolute Gasteiger partial charge is 0.311 e. The zero-order valence-electron chi connectivity index (χ0n) is 7.77. The maximum absolute atomic E-state index is 13.0. The third kappa shape index (κ3) is 3.76. The second kappa shape index (κ2) is 5.09. The Balaban J connectivity index is 2.52. The molecule has 0 aliphatic rings. The molecule has 15 heavy (non-hydrogen) atoms. The van der Waals surface area contributed by atoms with E-state index in [1.54, 1.807) is 0 Å². The molecule has 0 aliphatic carbocycles. The van der Waals surface area contributed by atoms with Gasteiger partial charge < -0.3 is 9.84 Å². The number of hydrogen-bond donors (Lipinski definition) is 1. The van der Waals surface area contributed by atoms with Gasteiger partial charge in [-0.1, -0.05) is 12.1 Å². The number of hydrogen-bond acceptors (Lipinski definition) is 3. The Kier molecular flexibility index (Phi) is 3.79. The SMILES string of the molecule is O=C(O)CCC(=O)Oc1ccccc1F. The predicted molar refractivity (Wildman–Crippen MR) is 48.9 cm³/mol. The zero-order chi connectivity index (χ0) is 11.3. The summed E-state index contributed by atoms with van der Waals surface area (Å²) in [5, 5.41) is 8.30. The van der Waals surface area contributed by atoms with Crippen LogP contribution in [0.2, 0.25) is 0 Å². The van der Waals surface area contributed by atoms with Gasteiger partial charge in [0.1, 0.15) is 0 Å². The number of para-hydroxylation sites is 1. The minimum atomic E-state index is -1.10. The first-order valence-electron chi connectivity index (χ1n) is 4.26. The molecule has 5 heteroatoms. The summed E-state index contributed by atoms with van der Waals surface area (Å²) in [6.45, 7) is 0. The van der Waals surface area contributed by atoms with E-state index in [1.165, 1.54) is 18.2 Å². The van der Waals surface area contributed by atoms with Gasteiger partial charge in [-0.25, -0.2) is 4.39 Å². The van der Waals surface area contributed by atoms with Crippen LogP contribution >= 0.6 is 0 Å². The second-order valence-electron chi connectivity index (χ2n) is 2.80.